The number of nitrogens with zero attached hydrogens (tertiary/aromatic N) is 1. The lowest BCUT2D eigenvalue weighted by Gasteiger charge is -2.22. The average molecular weight is 271 g/mol. The maximum Gasteiger partial charge on any atom is 0.305 e. The standard InChI is InChI=1S/C13H18FNO4/c1-13(2,18-3)7-8-19-9-10-5-4-6-11(12(10)14)15(16)17/h4-6H,7-9H2,1-3H3. The molecule has 0 N–H and O–H groups in total. The number of rotatable bonds is 7. The van der Waals surface area contributed by atoms with Gasteiger partial charge in [-0.3, -0.25) is 10.1 Å². The molecule has 0 saturated carbocycles. The highest BCUT2D eigenvalue weighted by molar-refractivity contribution is 5.36. The van der Waals surface area contributed by atoms with Crippen LogP contribution in [0.4, 0.5) is 10.1 Å². The molecule has 0 unspecified atom stereocenters. The molecule has 0 saturated heterocycles. The lowest BCUT2D eigenvalue weighted by atomic mass is 10.1. The molecule has 0 fully saturated rings. The van der Waals surface area contributed by atoms with Crippen LogP contribution >= 0.6 is 0 Å². The van der Waals surface area contributed by atoms with Crippen molar-refractivity contribution in [3.05, 3.63) is 39.7 Å². The van der Waals surface area contributed by atoms with Crippen LogP contribution in [-0.4, -0.2) is 24.2 Å². The number of benzene rings is 1. The minimum Gasteiger partial charge on any atom is -0.379 e. The van der Waals surface area contributed by atoms with Crippen LogP contribution in [-0.2, 0) is 16.1 Å². The summed E-state index contributed by atoms with van der Waals surface area (Å²) >= 11 is 0. The molecule has 0 aliphatic carbocycles. The first-order valence-electron chi connectivity index (χ1n) is 5.92. The molecule has 0 spiro atoms. The fraction of sp³-hybridized carbons (Fsp3) is 0.538. The van der Waals surface area contributed by atoms with E-state index in [1.54, 1.807) is 7.11 Å². The fourth-order valence-electron chi connectivity index (χ4n) is 1.42. The molecule has 106 valence electrons. The van der Waals surface area contributed by atoms with Crippen molar-refractivity contribution in [3.8, 4) is 0 Å². The average Bonchev–Trinajstić information content (AvgIpc) is 2.36. The summed E-state index contributed by atoms with van der Waals surface area (Å²) in [6, 6.07) is 4.05. The van der Waals surface area contributed by atoms with Crippen LogP contribution in [0.2, 0.25) is 0 Å². The quantitative estimate of drug-likeness (QED) is 0.434. The largest absolute Gasteiger partial charge is 0.379 e. The number of halogens is 1. The molecule has 19 heavy (non-hydrogen) atoms. The second-order valence-corrected chi connectivity index (χ2v) is 4.77. The summed E-state index contributed by atoms with van der Waals surface area (Å²) in [5.41, 5.74) is -0.649. The predicted molar refractivity (Wildman–Crippen MR) is 68.4 cm³/mol. The summed E-state index contributed by atoms with van der Waals surface area (Å²) in [5.74, 6) is -0.835. The first-order valence-corrected chi connectivity index (χ1v) is 5.92. The molecule has 0 aliphatic rings. The third kappa shape index (κ3) is 4.57. The van der Waals surface area contributed by atoms with Crippen molar-refractivity contribution in [2.24, 2.45) is 0 Å². The van der Waals surface area contributed by atoms with E-state index in [9.17, 15) is 14.5 Å². The van der Waals surface area contributed by atoms with Gasteiger partial charge in [-0.05, 0) is 20.3 Å². The van der Waals surface area contributed by atoms with Crippen LogP contribution in [0, 0.1) is 15.9 Å². The Balaban J connectivity index is 2.55. The molecular formula is C13H18FNO4. The zero-order valence-electron chi connectivity index (χ0n) is 11.3. The van der Waals surface area contributed by atoms with Gasteiger partial charge in [0.05, 0.1) is 17.1 Å². The lowest BCUT2D eigenvalue weighted by molar-refractivity contribution is -0.387. The van der Waals surface area contributed by atoms with Crippen molar-refractivity contribution >= 4 is 5.69 Å². The maximum atomic E-state index is 13.7. The summed E-state index contributed by atoms with van der Waals surface area (Å²) < 4.78 is 24.3. The predicted octanol–water partition coefficient (Wildman–Crippen LogP) is 3.07. The molecule has 0 radical (unpaired) electrons. The summed E-state index contributed by atoms with van der Waals surface area (Å²) in [5, 5.41) is 10.6. The summed E-state index contributed by atoms with van der Waals surface area (Å²) in [7, 11) is 1.61. The molecule has 0 bridgehead atoms. The Labute approximate surface area is 111 Å². The van der Waals surface area contributed by atoms with E-state index in [0.29, 0.717) is 13.0 Å². The Morgan fingerprint density at radius 1 is 1.42 bits per heavy atom. The van der Waals surface area contributed by atoms with E-state index in [1.807, 2.05) is 13.8 Å². The van der Waals surface area contributed by atoms with Crippen LogP contribution in [0.1, 0.15) is 25.8 Å². The van der Waals surface area contributed by atoms with Gasteiger partial charge in [-0.1, -0.05) is 12.1 Å². The topological polar surface area (TPSA) is 61.6 Å². The first kappa shape index (κ1) is 15.5. The molecule has 6 heteroatoms. The number of methoxy groups -OCH3 is 1. The van der Waals surface area contributed by atoms with Crippen LogP contribution in [0.25, 0.3) is 0 Å². The zero-order chi connectivity index (χ0) is 14.5. The highest BCUT2D eigenvalue weighted by atomic mass is 19.1. The fourth-order valence-corrected chi connectivity index (χ4v) is 1.42. The van der Waals surface area contributed by atoms with Crippen molar-refractivity contribution in [2.45, 2.75) is 32.5 Å². The molecule has 1 rings (SSSR count). The van der Waals surface area contributed by atoms with Gasteiger partial charge < -0.3 is 9.47 Å². The van der Waals surface area contributed by atoms with E-state index >= 15 is 0 Å². The number of nitro benzene ring substituents is 1. The van der Waals surface area contributed by atoms with E-state index in [4.69, 9.17) is 9.47 Å². The van der Waals surface area contributed by atoms with Crippen LogP contribution in [0.5, 0.6) is 0 Å². The Hall–Kier alpha value is -1.53. The van der Waals surface area contributed by atoms with Gasteiger partial charge in [0.25, 0.3) is 0 Å². The van der Waals surface area contributed by atoms with Gasteiger partial charge in [-0.25, -0.2) is 0 Å². The monoisotopic (exact) mass is 271 g/mol. The SMILES string of the molecule is COC(C)(C)CCOCc1cccc([N+](=O)[O-])c1F. The number of nitro groups is 1. The van der Waals surface area contributed by atoms with E-state index in [-0.39, 0.29) is 17.8 Å². The van der Waals surface area contributed by atoms with E-state index < -0.39 is 16.4 Å². The Morgan fingerprint density at radius 3 is 2.68 bits per heavy atom. The lowest BCUT2D eigenvalue weighted by Crippen LogP contribution is -2.24. The van der Waals surface area contributed by atoms with Gasteiger partial charge >= 0.3 is 5.69 Å². The van der Waals surface area contributed by atoms with Crippen LogP contribution in [0.15, 0.2) is 18.2 Å². The van der Waals surface area contributed by atoms with Gasteiger partial charge in [0.1, 0.15) is 0 Å². The highest BCUT2D eigenvalue weighted by Crippen LogP contribution is 2.21. The third-order valence-corrected chi connectivity index (χ3v) is 2.91. The van der Waals surface area contributed by atoms with Crippen LogP contribution < -0.4 is 0 Å². The third-order valence-electron chi connectivity index (χ3n) is 2.91. The molecule has 0 aromatic heterocycles. The van der Waals surface area contributed by atoms with Gasteiger partial charge in [-0.15, -0.1) is 0 Å². The van der Waals surface area contributed by atoms with Crippen molar-refractivity contribution in [2.75, 3.05) is 13.7 Å². The van der Waals surface area contributed by atoms with E-state index in [0.717, 1.165) is 6.07 Å². The summed E-state index contributed by atoms with van der Waals surface area (Å²) in [6.07, 6.45) is 0.653. The molecule has 0 atom stereocenters. The smallest absolute Gasteiger partial charge is 0.305 e. The molecule has 5 nitrogen and oxygen atoms in total. The summed E-state index contributed by atoms with van der Waals surface area (Å²) in [4.78, 5) is 9.84. The second kappa shape index (κ2) is 6.58. The minimum absolute atomic E-state index is 0.00725. The minimum atomic E-state index is -0.835. The molecule has 0 amide bonds. The molecule has 1 aromatic rings. The van der Waals surface area contributed by atoms with E-state index in [2.05, 4.69) is 0 Å². The zero-order valence-corrected chi connectivity index (χ0v) is 11.3. The molecule has 0 heterocycles. The van der Waals surface area contributed by atoms with Crippen molar-refractivity contribution < 1.29 is 18.8 Å². The maximum absolute atomic E-state index is 13.7. The van der Waals surface area contributed by atoms with Gasteiger partial charge in [0, 0.05) is 25.3 Å². The number of hydrogen-bond acceptors (Lipinski definition) is 4. The molecule has 1 aromatic carbocycles. The Morgan fingerprint density at radius 2 is 2.11 bits per heavy atom. The number of hydrogen-bond donors (Lipinski definition) is 0. The Kier molecular flexibility index (Phi) is 5.38. The summed E-state index contributed by atoms with van der Waals surface area (Å²) in [6.45, 7) is 4.24. The first-order chi connectivity index (χ1) is 8.87. The highest BCUT2D eigenvalue weighted by Gasteiger charge is 2.18. The Bertz CT molecular complexity index is 448. The van der Waals surface area contributed by atoms with Crippen LogP contribution in [0.3, 0.4) is 0 Å². The number of ether oxygens (including phenoxy) is 2. The van der Waals surface area contributed by atoms with E-state index in [1.165, 1.54) is 12.1 Å². The van der Waals surface area contributed by atoms with Gasteiger partial charge in [-0.2, -0.15) is 4.39 Å². The van der Waals surface area contributed by atoms with Crippen molar-refractivity contribution in [1.82, 2.24) is 0 Å². The van der Waals surface area contributed by atoms with Gasteiger partial charge in [0.2, 0.25) is 5.82 Å². The van der Waals surface area contributed by atoms with Crippen molar-refractivity contribution in [3.63, 3.8) is 0 Å². The molecular weight excluding hydrogens is 253 g/mol. The second-order valence-electron chi connectivity index (χ2n) is 4.77. The molecule has 0 aliphatic heterocycles. The normalized spacial score (nSPS) is 11.6. The van der Waals surface area contributed by atoms with Gasteiger partial charge in [0.15, 0.2) is 0 Å². The van der Waals surface area contributed by atoms with Crippen molar-refractivity contribution in [1.29, 1.82) is 0 Å².